The number of aromatic amines is 1. The van der Waals surface area contributed by atoms with Crippen molar-refractivity contribution in [2.75, 3.05) is 6.61 Å². The van der Waals surface area contributed by atoms with Crippen LogP contribution in [0.25, 0.3) is 11.4 Å². The maximum absolute atomic E-state index is 12.0. The summed E-state index contributed by atoms with van der Waals surface area (Å²) in [4.78, 5) is 12.0. The Morgan fingerprint density at radius 1 is 1.35 bits per heavy atom. The maximum atomic E-state index is 12.0. The van der Waals surface area contributed by atoms with Gasteiger partial charge >= 0.3 is 0 Å². The van der Waals surface area contributed by atoms with E-state index in [0.717, 1.165) is 5.56 Å². The SMILES string of the molecule is CC(C)C(CO)NC(=O)c1ccc(-c2nn[nH]n2)cc1. The lowest BCUT2D eigenvalue weighted by Crippen LogP contribution is -2.41. The summed E-state index contributed by atoms with van der Waals surface area (Å²) >= 11 is 0. The molecule has 0 spiro atoms. The molecule has 3 N–H and O–H groups in total. The fourth-order valence-corrected chi connectivity index (χ4v) is 1.73. The molecule has 7 heteroatoms. The fraction of sp³-hybridized carbons (Fsp3) is 0.385. The van der Waals surface area contributed by atoms with Crippen LogP contribution in [0.3, 0.4) is 0 Å². The molecular weight excluding hydrogens is 258 g/mol. The van der Waals surface area contributed by atoms with Crippen LogP contribution in [0.1, 0.15) is 24.2 Å². The summed E-state index contributed by atoms with van der Waals surface area (Å²) in [6, 6.07) is 6.64. The minimum atomic E-state index is -0.251. The highest BCUT2D eigenvalue weighted by Gasteiger charge is 2.16. The molecule has 2 rings (SSSR count). The number of nitrogens with one attached hydrogen (secondary N) is 2. The molecule has 20 heavy (non-hydrogen) atoms. The van der Waals surface area contributed by atoms with E-state index in [1.54, 1.807) is 24.3 Å². The summed E-state index contributed by atoms with van der Waals surface area (Å²) in [5, 5.41) is 25.6. The lowest BCUT2D eigenvalue weighted by atomic mass is 10.0. The number of amides is 1. The van der Waals surface area contributed by atoms with Gasteiger partial charge in [-0.1, -0.05) is 26.0 Å². The Kier molecular flexibility index (Phi) is 4.41. The number of aromatic nitrogens is 4. The third-order valence-electron chi connectivity index (χ3n) is 3.07. The van der Waals surface area contributed by atoms with Crippen molar-refractivity contribution >= 4 is 5.91 Å². The Morgan fingerprint density at radius 2 is 2.05 bits per heavy atom. The van der Waals surface area contributed by atoms with Crippen LogP contribution >= 0.6 is 0 Å². The lowest BCUT2D eigenvalue weighted by molar-refractivity contribution is 0.0897. The van der Waals surface area contributed by atoms with Gasteiger partial charge in [-0.15, -0.1) is 10.2 Å². The Balaban J connectivity index is 2.08. The molecule has 1 atom stereocenters. The lowest BCUT2D eigenvalue weighted by Gasteiger charge is -2.19. The highest BCUT2D eigenvalue weighted by atomic mass is 16.3. The van der Waals surface area contributed by atoms with Crippen molar-refractivity contribution in [1.29, 1.82) is 0 Å². The molecule has 2 aromatic rings. The molecule has 0 fully saturated rings. The monoisotopic (exact) mass is 275 g/mol. The van der Waals surface area contributed by atoms with E-state index in [9.17, 15) is 9.90 Å². The van der Waals surface area contributed by atoms with Gasteiger partial charge in [0.15, 0.2) is 0 Å². The predicted octanol–water partition coefficient (Wildman–Crippen LogP) is 0.613. The number of tetrazole rings is 1. The third-order valence-corrected chi connectivity index (χ3v) is 3.07. The number of hydrogen-bond acceptors (Lipinski definition) is 5. The van der Waals surface area contributed by atoms with E-state index >= 15 is 0 Å². The van der Waals surface area contributed by atoms with Crippen molar-refractivity contribution in [1.82, 2.24) is 25.9 Å². The third kappa shape index (κ3) is 3.18. The number of aliphatic hydroxyl groups excluding tert-OH is 1. The molecule has 1 heterocycles. The second-order valence-electron chi connectivity index (χ2n) is 4.82. The molecule has 106 valence electrons. The number of carbonyl (C=O) groups excluding carboxylic acids is 1. The number of carbonyl (C=O) groups is 1. The van der Waals surface area contributed by atoms with Crippen LogP contribution in [0.5, 0.6) is 0 Å². The van der Waals surface area contributed by atoms with Gasteiger partial charge in [0.1, 0.15) is 0 Å². The van der Waals surface area contributed by atoms with Crippen LogP contribution < -0.4 is 5.32 Å². The molecule has 0 aliphatic heterocycles. The second-order valence-corrected chi connectivity index (χ2v) is 4.82. The first kappa shape index (κ1) is 14.1. The molecule has 0 radical (unpaired) electrons. The van der Waals surface area contributed by atoms with Gasteiger partial charge in [-0.05, 0) is 23.3 Å². The Hall–Kier alpha value is -2.28. The second kappa shape index (κ2) is 6.25. The smallest absolute Gasteiger partial charge is 0.251 e. The number of rotatable bonds is 5. The number of nitrogens with zero attached hydrogens (tertiary/aromatic N) is 3. The van der Waals surface area contributed by atoms with E-state index in [2.05, 4.69) is 25.9 Å². The molecule has 1 aromatic carbocycles. The Morgan fingerprint density at radius 3 is 2.55 bits per heavy atom. The van der Waals surface area contributed by atoms with Gasteiger partial charge in [-0.25, -0.2) is 0 Å². The maximum Gasteiger partial charge on any atom is 0.251 e. The van der Waals surface area contributed by atoms with Crippen LogP contribution in [0.2, 0.25) is 0 Å². The average Bonchev–Trinajstić information content (AvgIpc) is 2.98. The van der Waals surface area contributed by atoms with E-state index in [-0.39, 0.29) is 24.5 Å². The first-order chi connectivity index (χ1) is 9.61. The molecule has 1 unspecified atom stereocenters. The van der Waals surface area contributed by atoms with Crippen molar-refractivity contribution in [3.05, 3.63) is 29.8 Å². The van der Waals surface area contributed by atoms with Gasteiger partial charge < -0.3 is 10.4 Å². The van der Waals surface area contributed by atoms with Crippen molar-refractivity contribution in [2.24, 2.45) is 5.92 Å². The van der Waals surface area contributed by atoms with Gasteiger partial charge in [0, 0.05) is 11.1 Å². The first-order valence-corrected chi connectivity index (χ1v) is 6.37. The molecule has 0 bridgehead atoms. The highest BCUT2D eigenvalue weighted by Crippen LogP contribution is 2.14. The molecule has 1 aromatic heterocycles. The minimum Gasteiger partial charge on any atom is -0.394 e. The number of aliphatic hydroxyl groups is 1. The summed E-state index contributed by atoms with van der Waals surface area (Å²) in [7, 11) is 0. The van der Waals surface area contributed by atoms with Gasteiger partial charge in [-0.2, -0.15) is 5.21 Å². The Bertz CT molecular complexity index is 551. The van der Waals surface area contributed by atoms with Gasteiger partial charge in [-0.3, -0.25) is 4.79 Å². The summed E-state index contributed by atoms with van der Waals surface area (Å²) < 4.78 is 0. The zero-order chi connectivity index (χ0) is 14.5. The van der Waals surface area contributed by atoms with Gasteiger partial charge in [0.25, 0.3) is 5.91 Å². The number of hydrogen-bond donors (Lipinski definition) is 3. The van der Waals surface area contributed by atoms with E-state index in [0.29, 0.717) is 11.4 Å². The minimum absolute atomic E-state index is 0.0790. The number of H-pyrrole nitrogens is 1. The molecule has 0 aliphatic carbocycles. The van der Waals surface area contributed by atoms with Crippen LogP contribution in [-0.4, -0.2) is 44.3 Å². The topological polar surface area (TPSA) is 104 Å². The molecule has 0 saturated heterocycles. The predicted molar refractivity (Wildman–Crippen MR) is 72.8 cm³/mol. The van der Waals surface area contributed by atoms with Crippen LogP contribution in [-0.2, 0) is 0 Å². The number of benzene rings is 1. The standard InChI is InChI=1S/C13H17N5O2/c1-8(2)11(7-19)14-13(20)10-5-3-9(4-6-10)12-15-17-18-16-12/h3-6,8,11,19H,7H2,1-2H3,(H,14,20)(H,15,16,17,18). The molecule has 0 aliphatic rings. The normalized spacial score (nSPS) is 12.4. The fourth-order valence-electron chi connectivity index (χ4n) is 1.73. The summed E-state index contributed by atoms with van der Waals surface area (Å²) in [5.41, 5.74) is 1.30. The molecule has 7 nitrogen and oxygen atoms in total. The van der Waals surface area contributed by atoms with Crippen LogP contribution in [0.4, 0.5) is 0 Å². The Labute approximate surface area is 116 Å². The van der Waals surface area contributed by atoms with Crippen LogP contribution in [0, 0.1) is 5.92 Å². The quantitative estimate of drug-likeness (QED) is 0.742. The van der Waals surface area contributed by atoms with Crippen molar-refractivity contribution in [2.45, 2.75) is 19.9 Å². The van der Waals surface area contributed by atoms with Crippen LogP contribution in [0.15, 0.2) is 24.3 Å². The van der Waals surface area contributed by atoms with E-state index in [1.165, 1.54) is 0 Å². The molecule has 1 amide bonds. The average molecular weight is 275 g/mol. The highest BCUT2D eigenvalue weighted by molar-refractivity contribution is 5.94. The van der Waals surface area contributed by atoms with Crippen molar-refractivity contribution < 1.29 is 9.90 Å². The van der Waals surface area contributed by atoms with E-state index in [4.69, 9.17) is 0 Å². The molecule has 0 saturated carbocycles. The zero-order valence-electron chi connectivity index (χ0n) is 11.4. The van der Waals surface area contributed by atoms with E-state index < -0.39 is 0 Å². The summed E-state index contributed by atoms with van der Waals surface area (Å²) in [6.07, 6.45) is 0. The van der Waals surface area contributed by atoms with Crippen molar-refractivity contribution in [3.63, 3.8) is 0 Å². The summed E-state index contributed by atoms with van der Waals surface area (Å²) in [6.45, 7) is 3.81. The van der Waals surface area contributed by atoms with E-state index in [1.807, 2.05) is 13.8 Å². The van der Waals surface area contributed by atoms with Gasteiger partial charge in [0.2, 0.25) is 5.82 Å². The molecular formula is C13H17N5O2. The largest absolute Gasteiger partial charge is 0.394 e. The van der Waals surface area contributed by atoms with Crippen molar-refractivity contribution in [3.8, 4) is 11.4 Å². The zero-order valence-corrected chi connectivity index (χ0v) is 11.4. The van der Waals surface area contributed by atoms with Gasteiger partial charge in [0.05, 0.1) is 12.6 Å². The summed E-state index contributed by atoms with van der Waals surface area (Å²) in [5.74, 6) is 0.437. The first-order valence-electron chi connectivity index (χ1n) is 6.37.